The van der Waals surface area contributed by atoms with Crippen LogP contribution in [0, 0.1) is 13.8 Å². The Kier molecular flexibility index (Phi) is 5.79. The van der Waals surface area contributed by atoms with E-state index in [0.717, 1.165) is 24.0 Å². The van der Waals surface area contributed by atoms with E-state index >= 15 is 0 Å². The predicted octanol–water partition coefficient (Wildman–Crippen LogP) is 3.15. The molecule has 2 aromatic carbocycles. The highest BCUT2D eigenvalue weighted by molar-refractivity contribution is 5.96. The van der Waals surface area contributed by atoms with Crippen molar-refractivity contribution in [2.75, 3.05) is 19.6 Å². The van der Waals surface area contributed by atoms with Crippen LogP contribution >= 0.6 is 0 Å². The average Bonchev–Trinajstić information content (AvgIpc) is 2.68. The maximum absolute atomic E-state index is 12.4. The van der Waals surface area contributed by atoms with Crippen molar-refractivity contribution < 1.29 is 14.7 Å². The molecule has 0 atom stereocenters. The maximum Gasteiger partial charge on any atom is 0.251 e. The van der Waals surface area contributed by atoms with Crippen molar-refractivity contribution in [1.29, 1.82) is 0 Å². The van der Waals surface area contributed by atoms with Crippen LogP contribution in [0.5, 0.6) is 5.75 Å². The first-order valence-corrected chi connectivity index (χ1v) is 9.36. The molecule has 1 aliphatic heterocycles. The fraction of sp³-hybridized carbons (Fsp3) is 0.364. The Balaban J connectivity index is 1.48. The zero-order valence-corrected chi connectivity index (χ0v) is 15.9. The minimum atomic E-state index is -0.217. The fourth-order valence-electron chi connectivity index (χ4n) is 3.46. The van der Waals surface area contributed by atoms with E-state index in [9.17, 15) is 14.7 Å². The van der Waals surface area contributed by atoms with Gasteiger partial charge in [-0.1, -0.05) is 18.2 Å². The number of amides is 2. The van der Waals surface area contributed by atoms with Gasteiger partial charge in [0, 0.05) is 18.7 Å². The third-order valence-corrected chi connectivity index (χ3v) is 5.38. The van der Waals surface area contributed by atoms with Crippen LogP contribution in [0.15, 0.2) is 42.5 Å². The number of aryl methyl sites for hydroxylation is 2. The summed E-state index contributed by atoms with van der Waals surface area (Å²) in [6.07, 6.45) is 1.78. The van der Waals surface area contributed by atoms with Gasteiger partial charge >= 0.3 is 0 Å². The van der Waals surface area contributed by atoms with E-state index in [-0.39, 0.29) is 24.1 Å². The first kappa shape index (κ1) is 19.0. The van der Waals surface area contributed by atoms with Gasteiger partial charge in [0.1, 0.15) is 5.75 Å². The summed E-state index contributed by atoms with van der Waals surface area (Å²) in [4.78, 5) is 26.5. The number of rotatable bonds is 4. The van der Waals surface area contributed by atoms with Crippen molar-refractivity contribution in [3.8, 4) is 5.75 Å². The number of aromatic hydroxyl groups is 1. The minimum absolute atomic E-state index is 0.0234. The Bertz CT molecular complexity index is 822. The minimum Gasteiger partial charge on any atom is -0.508 e. The number of phenolic OH excluding ortho intramolecular Hbond substituents is 1. The first-order valence-electron chi connectivity index (χ1n) is 9.36. The van der Waals surface area contributed by atoms with Crippen molar-refractivity contribution in [2.24, 2.45) is 0 Å². The number of hydrogen-bond acceptors (Lipinski definition) is 3. The fourth-order valence-corrected chi connectivity index (χ4v) is 3.46. The standard InChI is InChI=1S/C22H26N2O3/c1-15-3-4-19(13-16(15)2)22(27)23-14-21(26)24-11-9-18(10-12-24)17-5-7-20(25)8-6-17/h3-8,13,18,25H,9-12,14H2,1-2H3,(H,23,27). The maximum atomic E-state index is 12.4. The lowest BCUT2D eigenvalue weighted by Gasteiger charge is -2.32. The predicted molar refractivity (Wildman–Crippen MR) is 105 cm³/mol. The van der Waals surface area contributed by atoms with E-state index in [1.807, 2.05) is 43.0 Å². The summed E-state index contributed by atoms with van der Waals surface area (Å²) in [5.74, 6) is 0.410. The number of benzene rings is 2. The van der Waals surface area contributed by atoms with Crippen molar-refractivity contribution in [3.63, 3.8) is 0 Å². The Morgan fingerprint density at radius 1 is 1.04 bits per heavy atom. The molecule has 0 bridgehead atoms. The van der Waals surface area contributed by atoms with Gasteiger partial charge in [-0.15, -0.1) is 0 Å². The molecule has 5 nitrogen and oxygen atoms in total. The molecule has 1 aliphatic rings. The van der Waals surface area contributed by atoms with Crippen LogP contribution in [-0.2, 0) is 4.79 Å². The Morgan fingerprint density at radius 2 is 1.70 bits per heavy atom. The monoisotopic (exact) mass is 366 g/mol. The van der Waals surface area contributed by atoms with Crippen LogP contribution in [0.3, 0.4) is 0 Å². The molecule has 3 rings (SSSR count). The first-order chi connectivity index (χ1) is 12.9. The van der Waals surface area contributed by atoms with Crippen LogP contribution in [0.4, 0.5) is 0 Å². The molecule has 5 heteroatoms. The summed E-state index contributed by atoms with van der Waals surface area (Å²) in [6.45, 7) is 5.36. The SMILES string of the molecule is Cc1ccc(C(=O)NCC(=O)N2CCC(c3ccc(O)cc3)CC2)cc1C. The van der Waals surface area contributed by atoms with Crippen LogP contribution in [0.2, 0.25) is 0 Å². The number of carbonyl (C=O) groups is 2. The molecule has 0 spiro atoms. The highest BCUT2D eigenvalue weighted by atomic mass is 16.3. The van der Waals surface area contributed by atoms with Gasteiger partial charge in [0.2, 0.25) is 5.91 Å². The lowest BCUT2D eigenvalue weighted by atomic mass is 9.89. The van der Waals surface area contributed by atoms with E-state index < -0.39 is 0 Å². The van der Waals surface area contributed by atoms with Gasteiger partial charge in [-0.2, -0.15) is 0 Å². The van der Waals surface area contributed by atoms with Crippen LogP contribution in [0.25, 0.3) is 0 Å². The van der Waals surface area contributed by atoms with E-state index in [1.165, 1.54) is 5.56 Å². The number of nitrogens with zero attached hydrogens (tertiary/aromatic N) is 1. The highest BCUT2D eigenvalue weighted by Gasteiger charge is 2.24. The molecule has 0 unspecified atom stereocenters. The lowest BCUT2D eigenvalue weighted by molar-refractivity contribution is -0.131. The summed E-state index contributed by atoms with van der Waals surface area (Å²) in [5.41, 5.74) is 3.98. The average molecular weight is 366 g/mol. The third-order valence-electron chi connectivity index (χ3n) is 5.38. The van der Waals surface area contributed by atoms with Gasteiger partial charge in [-0.3, -0.25) is 9.59 Å². The smallest absolute Gasteiger partial charge is 0.251 e. The van der Waals surface area contributed by atoms with Crippen molar-refractivity contribution in [3.05, 3.63) is 64.7 Å². The summed E-state index contributed by atoms with van der Waals surface area (Å²) < 4.78 is 0. The molecule has 1 saturated heterocycles. The zero-order chi connectivity index (χ0) is 19.4. The number of hydrogen-bond donors (Lipinski definition) is 2. The molecule has 1 fully saturated rings. The molecule has 0 aromatic heterocycles. The molecule has 2 aromatic rings. The van der Waals surface area contributed by atoms with E-state index in [0.29, 0.717) is 24.6 Å². The van der Waals surface area contributed by atoms with Gasteiger partial charge < -0.3 is 15.3 Å². The Morgan fingerprint density at radius 3 is 2.33 bits per heavy atom. The number of nitrogens with one attached hydrogen (secondary N) is 1. The van der Waals surface area contributed by atoms with Crippen LogP contribution in [-0.4, -0.2) is 41.5 Å². The molecule has 0 radical (unpaired) electrons. The second-order valence-corrected chi connectivity index (χ2v) is 7.23. The second-order valence-electron chi connectivity index (χ2n) is 7.23. The topological polar surface area (TPSA) is 69.6 Å². The number of carbonyl (C=O) groups excluding carboxylic acids is 2. The van der Waals surface area contributed by atoms with E-state index in [1.54, 1.807) is 18.2 Å². The summed E-state index contributed by atoms with van der Waals surface area (Å²) in [6, 6.07) is 12.8. The van der Waals surface area contributed by atoms with Gasteiger partial charge in [0.05, 0.1) is 6.54 Å². The molecule has 27 heavy (non-hydrogen) atoms. The molecule has 2 N–H and O–H groups in total. The molecular weight excluding hydrogens is 340 g/mol. The summed E-state index contributed by atoms with van der Waals surface area (Å²) in [7, 11) is 0. The van der Waals surface area contributed by atoms with Gasteiger partial charge in [0.15, 0.2) is 0 Å². The number of likely N-dealkylation sites (tertiary alicyclic amines) is 1. The quantitative estimate of drug-likeness (QED) is 0.873. The van der Waals surface area contributed by atoms with Crippen molar-refractivity contribution in [2.45, 2.75) is 32.6 Å². The van der Waals surface area contributed by atoms with E-state index in [2.05, 4.69) is 5.32 Å². The molecular formula is C22H26N2O3. The third kappa shape index (κ3) is 4.67. The van der Waals surface area contributed by atoms with Crippen molar-refractivity contribution in [1.82, 2.24) is 10.2 Å². The zero-order valence-electron chi connectivity index (χ0n) is 15.9. The summed E-state index contributed by atoms with van der Waals surface area (Å²) in [5, 5.41) is 12.1. The number of piperidine rings is 1. The van der Waals surface area contributed by atoms with Crippen LogP contribution < -0.4 is 5.32 Å². The molecule has 2 amide bonds. The highest BCUT2D eigenvalue weighted by Crippen LogP contribution is 2.28. The second kappa shape index (κ2) is 8.25. The molecule has 0 saturated carbocycles. The number of phenols is 1. The molecule has 1 heterocycles. The van der Waals surface area contributed by atoms with Gasteiger partial charge in [0.25, 0.3) is 5.91 Å². The van der Waals surface area contributed by atoms with E-state index in [4.69, 9.17) is 0 Å². The largest absolute Gasteiger partial charge is 0.508 e. The van der Waals surface area contributed by atoms with Gasteiger partial charge in [-0.25, -0.2) is 0 Å². The normalized spacial score (nSPS) is 14.8. The van der Waals surface area contributed by atoms with Gasteiger partial charge in [-0.05, 0) is 73.6 Å². The Labute approximate surface area is 160 Å². The summed E-state index contributed by atoms with van der Waals surface area (Å²) >= 11 is 0. The van der Waals surface area contributed by atoms with Crippen LogP contribution in [0.1, 0.15) is 45.8 Å². The Hall–Kier alpha value is -2.82. The molecule has 0 aliphatic carbocycles. The van der Waals surface area contributed by atoms with Crippen molar-refractivity contribution >= 4 is 11.8 Å². The molecule has 142 valence electrons. The lowest BCUT2D eigenvalue weighted by Crippen LogP contribution is -2.43.